The number of pyridine rings is 1. The first kappa shape index (κ1) is 16.2. The van der Waals surface area contributed by atoms with Gasteiger partial charge in [0.15, 0.2) is 0 Å². The van der Waals surface area contributed by atoms with E-state index in [2.05, 4.69) is 40.4 Å². The molecule has 0 atom stereocenters. The van der Waals surface area contributed by atoms with Crippen LogP contribution in [0.25, 0.3) is 10.9 Å². The molecule has 0 aliphatic heterocycles. The van der Waals surface area contributed by atoms with Crippen molar-refractivity contribution < 1.29 is 4.79 Å². The lowest BCUT2D eigenvalue weighted by molar-refractivity contribution is 0.0949. The quantitative estimate of drug-likeness (QED) is 0.732. The van der Waals surface area contributed by atoms with Crippen molar-refractivity contribution in [2.24, 2.45) is 5.92 Å². The Kier molecular flexibility index (Phi) is 4.89. The molecule has 1 aromatic carbocycles. The summed E-state index contributed by atoms with van der Waals surface area (Å²) < 4.78 is 0. The van der Waals surface area contributed by atoms with Crippen molar-refractivity contribution in [3.63, 3.8) is 0 Å². The van der Waals surface area contributed by atoms with Gasteiger partial charge in [-0.2, -0.15) is 5.10 Å². The Morgan fingerprint density at radius 3 is 2.92 bits per heavy atom. The molecule has 0 saturated carbocycles. The smallest absolute Gasteiger partial charge is 0.271 e. The number of hydrogen-bond donors (Lipinski definition) is 2. The van der Waals surface area contributed by atoms with E-state index < -0.39 is 0 Å². The highest BCUT2D eigenvalue weighted by molar-refractivity contribution is 5.92. The summed E-state index contributed by atoms with van der Waals surface area (Å²) in [6, 6.07) is 11.9. The van der Waals surface area contributed by atoms with Crippen LogP contribution in [-0.4, -0.2) is 27.6 Å². The molecule has 0 aliphatic carbocycles. The van der Waals surface area contributed by atoms with Gasteiger partial charge in [0.05, 0.1) is 5.52 Å². The lowest BCUT2D eigenvalue weighted by Crippen LogP contribution is -2.26. The zero-order valence-corrected chi connectivity index (χ0v) is 14.0. The van der Waals surface area contributed by atoms with Crippen LogP contribution in [0.4, 0.5) is 0 Å². The molecule has 3 aromatic rings. The van der Waals surface area contributed by atoms with E-state index in [9.17, 15) is 4.79 Å². The Labute approximate surface area is 141 Å². The van der Waals surface area contributed by atoms with Crippen LogP contribution in [0.5, 0.6) is 0 Å². The molecule has 3 rings (SSSR count). The second-order valence-corrected chi connectivity index (χ2v) is 6.37. The number of fused-ring (bicyclic) bond motifs is 1. The fourth-order valence-corrected chi connectivity index (χ4v) is 2.79. The highest BCUT2D eigenvalue weighted by atomic mass is 16.1. The molecular weight excluding hydrogens is 300 g/mol. The van der Waals surface area contributed by atoms with E-state index in [1.807, 2.05) is 30.3 Å². The van der Waals surface area contributed by atoms with Crippen LogP contribution in [-0.2, 0) is 12.8 Å². The number of aromatic nitrogens is 3. The minimum absolute atomic E-state index is 0.144. The first-order chi connectivity index (χ1) is 11.6. The highest BCUT2D eigenvalue weighted by Gasteiger charge is 2.11. The van der Waals surface area contributed by atoms with Gasteiger partial charge in [0, 0.05) is 23.8 Å². The minimum Gasteiger partial charge on any atom is -0.350 e. The van der Waals surface area contributed by atoms with Gasteiger partial charge >= 0.3 is 0 Å². The Morgan fingerprint density at radius 1 is 1.25 bits per heavy atom. The molecule has 1 amide bonds. The van der Waals surface area contributed by atoms with E-state index in [4.69, 9.17) is 0 Å². The van der Waals surface area contributed by atoms with Gasteiger partial charge < -0.3 is 5.32 Å². The summed E-state index contributed by atoms with van der Waals surface area (Å²) in [6.45, 7) is 4.83. The topological polar surface area (TPSA) is 70.7 Å². The van der Waals surface area contributed by atoms with Gasteiger partial charge in [-0.3, -0.25) is 14.9 Å². The Morgan fingerprint density at radius 2 is 2.08 bits per heavy atom. The molecule has 2 N–H and O–H groups in total. The Balaban J connectivity index is 1.59. The van der Waals surface area contributed by atoms with Crippen LogP contribution in [0.3, 0.4) is 0 Å². The van der Waals surface area contributed by atoms with Crippen molar-refractivity contribution in [2.45, 2.75) is 26.7 Å². The molecule has 124 valence electrons. The average molecular weight is 322 g/mol. The molecule has 0 bridgehead atoms. The minimum atomic E-state index is -0.144. The predicted molar refractivity (Wildman–Crippen MR) is 94.9 cm³/mol. The molecule has 5 nitrogen and oxygen atoms in total. The van der Waals surface area contributed by atoms with E-state index in [0.717, 1.165) is 35.0 Å². The third-order valence-corrected chi connectivity index (χ3v) is 3.89. The fourth-order valence-electron chi connectivity index (χ4n) is 2.79. The summed E-state index contributed by atoms with van der Waals surface area (Å²) in [5.74, 6) is 0.384. The number of nitrogens with one attached hydrogen (secondary N) is 2. The number of carbonyl (C=O) groups is 1. The molecule has 24 heavy (non-hydrogen) atoms. The molecule has 0 spiro atoms. The van der Waals surface area contributed by atoms with Gasteiger partial charge in [-0.25, -0.2) is 0 Å². The van der Waals surface area contributed by atoms with Crippen molar-refractivity contribution in [2.75, 3.05) is 6.54 Å². The number of para-hydroxylation sites is 1. The third-order valence-electron chi connectivity index (χ3n) is 3.89. The standard InChI is InChI=1S/C19H22N4O/c1-13(2)11-16-12-17(23-22-16)19(24)21-10-8-15-6-3-5-14-7-4-9-20-18(14)15/h3-7,9,12-13H,8,10-11H2,1-2H3,(H,21,24)(H,22,23). The number of hydrogen-bond acceptors (Lipinski definition) is 3. The number of carbonyl (C=O) groups excluding carboxylic acids is 1. The van der Waals surface area contributed by atoms with E-state index in [1.165, 1.54) is 0 Å². The van der Waals surface area contributed by atoms with Gasteiger partial charge in [0.2, 0.25) is 0 Å². The number of benzene rings is 1. The van der Waals surface area contributed by atoms with Gasteiger partial charge in [0.25, 0.3) is 5.91 Å². The van der Waals surface area contributed by atoms with Crippen LogP contribution in [0, 0.1) is 5.92 Å². The fraction of sp³-hybridized carbons (Fsp3) is 0.316. The first-order valence-electron chi connectivity index (χ1n) is 8.28. The largest absolute Gasteiger partial charge is 0.350 e. The maximum atomic E-state index is 12.2. The Bertz CT molecular complexity index is 833. The summed E-state index contributed by atoms with van der Waals surface area (Å²) in [4.78, 5) is 16.6. The predicted octanol–water partition coefficient (Wildman–Crippen LogP) is 3.13. The second kappa shape index (κ2) is 7.25. The van der Waals surface area contributed by atoms with E-state index in [-0.39, 0.29) is 5.91 Å². The molecule has 5 heteroatoms. The van der Waals surface area contributed by atoms with Crippen molar-refractivity contribution in [1.29, 1.82) is 0 Å². The average Bonchev–Trinajstić information content (AvgIpc) is 3.03. The number of aromatic amines is 1. The highest BCUT2D eigenvalue weighted by Crippen LogP contribution is 2.16. The second-order valence-electron chi connectivity index (χ2n) is 6.37. The maximum absolute atomic E-state index is 12.2. The molecule has 0 saturated heterocycles. The number of nitrogens with zero attached hydrogens (tertiary/aromatic N) is 2. The van der Waals surface area contributed by atoms with E-state index >= 15 is 0 Å². The molecule has 0 radical (unpaired) electrons. The lowest BCUT2D eigenvalue weighted by Gasteiger charge is -2.06. The SMILES string of the molecule is CC(C)Cc1cc(C(=O)NCCc2cccc3cccnc23)n[nH]1. The molecule has 0 aliphatic rings. The lowest BCUT2D eigenvalue weighted by atomic mass is 10.1. The molecule has 0 unspecified atom stereocenters. The van der Waals surface area contributed by atoms with Gasteiger partial charge in [0.1, 0.15) is 5.69 Å². The van der Waals surface area contributed by atoms with Crippen molar-refractivity contribution in [3.05, 3.63) is 59.5 Å². The summed E-state index contributed by atoms with van der Waals surface area (Å²) in [5.41, 5.74) is 3.57. The van der Waals surface area contributed by atoms with Crippen LogP contribution in [0.15, 0.2) is 42.6 Å². The van der Waals surface area contributed by atoms with E-state index in [1.54, 1.807) is 6.20 Å². The van der Waals surface area contributed by atoms with E-state index in [0.29, 0.717) is 18.2 Å². The summed E-state index contributed by atoms with van der Waals surface area (Å²) in [5, 5.41) is 11.1. The zero-order chi connectivity index (χ0) is 16.9. The van der Waals surface area contributed by atoms with Gasteiger partial charge in [-0.05, 0) is 36.5 Å². The van der Waals surface area contributed by atoms with Crippen molar-refractivity contribution in [3.8, 4) is 0 Å². The summed E-state index contributed by atoms with van der Waals surface area (Å²) in [6.07, 6.45) is 3.43. The van der Waals surface area contributed by atoms with Gasteiger partial charge in [-0.1, -0.05) is 38.1 Å². The summed E-state index contributed by atoms with van der Waals surface area (Å²) in [7, 11) is 0. The van der Waals surface area contributed by atoms with Crippen LogP contribution < -0.4 is 5.32 Å². The Hall–Kier alpha value is -2.69. The number of amides is 1. The molecule has 0 fully saturated rings. The van der Waals surface area contributed by atoms with Crippen molar-refractivity contribution in [1.82, 2.24) is 20.5 Å². The molecular formula is C19H22N4O. The number of H-pyrrole nitrogens is 1. The van der Waals surface area contributed by atoms with Crippen LogP contribution in [0.1, 0.15) is 35.6 Å². The third kappa shape index (κ3) is 3.79. The van der Waals surface area contributed by atoms with Crippen molar-refractivity contribution >= 4 is 16.8 Å². The van der Waals surface area contributed by atoms with Crippen LogP contribution in [0.2, 0.25) is 0 Å². The van der Waals surface area contributed by atoms with Gasteiger partial charge in [-0.15, -0.1) is 0 Å². The zero-order valence-electron chi connectivity index (χ0n) is 14.0. The molecule has 2 aromatic heterocycles. The monoisotopic (exact) mass is 322 g/mol. The number of rotatable bonds is 6. The van der Waals surface area contributed by atoms with Crippen LogP contribution >= 0.6 is 0 Å². The normalized spacial score (nSPS) is 11.1. The molecule has 2 heterocycles. The summed E-state index contributed by atoms with van der Waals surface area (Å²) >= 11 is 0. The maximum Gasteiger partial charge on any atom is 0.271 e. The first-order valence-corrected chi connectivity index (χ1v) is 8.28.